The third-order valence-electron chi connectivity index (χ3n) is 3.16. The summed E-state index contributed by atoms with van der Waals surface area (Å²) < 4.78 is 1.88. The van der Waals surface area contributed by atoms with Gasteiger partial charge in [0, 0.05) is 13.2 Å². The van der Waals surface area contributed by atoms with Crippen molar-refractivity contribution in [1.29, 1.82) is 0 Å². The second-order valence-corrected chi connectivity index (χ2v) is 4.84. The number of nitrogens with zero attached hydrogens (tertiary/aromatic N) is 2. The van der Waals surface area contributed by atoms with Gasteiger partial charge in [0.05, 0.1) is 5.69 Å². The van der Waals surface area contributed by atoms with E-state index in [1.165, 1.54) is 12.1 Å². The Balaban J connectivity index is 2.30. The van der Waals surface area contributed by atoms with Crippen molar-refractivity contribution >= 4 is 0 Å². The van der Waals surface area contributed by atoms with Crippen LogP contribution in [0.25, 0.3) is 0 Å². The van der Waals surface area contributed by atoms with Crippen molar-refractivity contribution in [2.75, 3.05) is 13.1 Å². The van der Waals surface area contributed by atoms with Crippen LogP contribution in [0.2, 0.25) is 0 Å². The first-order valence-corrected chi connectivity index (χ1v) is 6.32. The maximum Gasteiger partial charge on any atom is 0.0627 e. The Kier molecular flexibility index (Phi) is 5.53. The summed E-state index contributed by atoms with van der Waals surface area (Å²) in [5, 5.41) is 7.91. The third-order valence-corrected chi connectivity index (χ3v) is 3.16. The van der Waals surface area contributed by atoms with Gasteiger partial charge in [0.1, 0.15) is 0 Å². The summed E-state index contributed by atoms with van der Waals surface area (Å²) in [6, 6.07) is 2.11. The molecule has 0 radical (unpaired) electrons. The van der Waals surface area contributed by atoms with E-state index >= 15 is 0 Å². The zero-order valence-electron chi connectivity index (χ0n) is 11.0. The Morgan fingerprint density at radius 1 is 1.38 bits per heavy atom. The van der Waals surface area contributed by atoms with E-state index in [1.54, 1.807) is 0 Å². The molecule has 3 nitrogen and oxygen atoms in total. The highest BCUT2D eigenvalue weighted by Gasteiger charge is 2.13. The number of rotatable bonds is 7. The highest BCUT2D eigenvalue weighted by Crippen LogP contribution is 2.15. The molecule has 0 amide bonds. The van der Waals surface area contributed by atoms with Crippen molar-refractivity contribution in [2.45, 2.75) is 33.6 Å². The molecule has 3 heteroatoms. The lowest BCUT2D eigenvalue weighted by Gasteiger charge is -2.19. The van der Waals surface area contributed by atoms with Gasteiger partial charge in [0.2, 0.25) is 0 Å². The van der Waals surface area contributed by atoms with Gasteiger partial charge in [-0.2, -0.15) is 5.10 Å². The Morgan fingerprint density at radius 3 is 2.69 bits per heavy atom. The second kappa shape index (κ2) is 6.69. The van der Waals surface area contributed by atoms with E-state index in [0.717, 1.165) is 19.5 Å². The molecule has 1 rings (SSSR count). The van der Waals surface area contributed by atoms with Crippen LogP contribution >= 0.6 is 0 Å². The topological polar surface area (TPSA) is 29.9 Å². The number of aromatic nitrogens is 2. The number of hydrogen-bond acceptors (Lipinski definition) is 2. The normalized spacial score (nSPS) is 15.0. The molecule has 1 heterocycles. The van der Waals surface area contributed by atoms with Gasteiger partial charge in [0.25, 0.3) is 0 Å². The number of aryl methyl sites for hydroxylation is 1. The quantitative estimate of drug-likeness (QED) is 0.718. The van der Waals surface area contributed by atoms with Gasteiger partial charge < -0.3 is 5.32 Å². The predicted molar refractivity (Wildman–Crippen MR) is 68.4 cm³/mol. The first kappa shape index (κ1) is 13.2. The van der Waals surface area contributed by atoms with Gasteiger partial charge in [-0.3, -0.25) is 4.68 Å². The molecule has 1 N–H and O–H groups in total. The monoisotopic (exact) mass is 223 g/mol. The summed E-state index contributed by atoms with van der Waals surface area (Å²) in [5.41, 5.74) is 1.21. The lowest BCUT2D eigenvalue weighted by Crippen LogP contribution is -2.26. The average Bonchev–Trinajstić information content (AvgIpc) is 2.64. The summed E-state index contributed by atoms with van der Waals surface area (Å²) in [6.07, 6.45) is 4.30. The Labute approximate surface area is 99.2 Å². The average molecular weight is 223 g/mol. The van der Waals surface area contributed by atoms with E-state index in [2.05, 4.69) is 37.3 Å². The third kappa shape index (κ3) is 4.35. The van der Waals surface area contributed by atoms with E-state index < -0.39 is 0 Å². The lowest BCUT2D eigenvalue weighted by molar-refractivity contribution is 0.362. The zero-order valence-corrected chi connectivity index (χ0v) is 11.0. The van der Waals surface area contributed by atoms with Crippen LogP contribution < -0.4 is 5.32 Å². The Hall–Kier alpha value is -0.830. The molecule has 92 valence electrons. The molecule has 1 aromatic rings. The van der Waals surface area contributed by atoms with E-state index in [-0.39, 0.29) is 0 Å². The maximum atomic E-state index is 4.43. The highest BCUT2D eigenvalue weighted by atomic mass is 15.2. The van der Waals surface area contributed by atoms with Gasteiger partial charge in [0.15, 0.2) is 0 Å². The molecule has 1 aromatic heterocycles. The standard InChI is InChI=1S/C13H25N3/c1-5-7-14-10-12(3)11(2)9-13-6-8-16(4)15-13/h6,8,11-12,14H,5,7,9-10H2,1-4H3. The Bertz CT molecular complexity index is 293. The van der Waals surface area contributed by atoms with E-state index in [1.807, 2.05) is 17.9 Å². The fourth-order valence-corrected chi connectivity index (χ4v) is 1.81. The van der Waals surface area contributed by atoms with Crippen molar-refractivity contribution in [2.24, 2.45) is 18.9 Å². The highest BCUT2D eigenvalue weighted by molar-refractivity contribution is 4.99. The molecule has 0 aliphatic heterocycles. The summed E-state index contributed by atoms with van der Waals surface area (Å²) in [6.45, 7) is 9.07. The van der Waals surface area contributed by atoms with Crippen LogP contribution in [0.15, 0.2) is 12.3 Å². The van der Waals surface area contributed by atoms with Crippen LogP contribution in [-0.2, 0) is 13.5 Å². The maximum absolute atomic E-state index is 4.43. The van der Waals surface area contributed by atoms with Gasteiger partial charge in [-0.1, -0.05) is 20.8 Å². The molecule has 0 saturated heterocycles. The van der Waals surface area contributed by atoms with E-state index in [0.29, 0.717) is 11.8 Å². The van der Waals surface area contributed by atoms with Crippen LogP contribution in [0.5, 0.6) is 0 Å². The smallest absolute Gasteiger partial charge is 0.0627 e. The van der Waals surface area contributed by atoms with E-state index in [9.17, 15) is 0 Å². The van der Waals surface area contributed by atoms with Crippen LogP contribution in [0.1, 0.15) is 32.9 Å². The molecule has 0 bridgehead atoms. The van der Waals surface area contributed by atoms with Gasteiger partial charge >= 0.3 is 0 Å². The van der Waals surface area contributed by atoms with Crippen LogP contribution in [0.3, 0.4) is 0 Å². The molecular weight excluding hydrogens is 198 g/mol. The molecule has 0 aromatic carbocycles. The van der Waals surface area contributed by atoms with Crippen LogP contribution in [0.4, 0.5) is 0 Å². The van der Waals surface area contributed by atoms with E-state index in [4.69, 9.17) is 0 Å². The first-order chi connectivity index (χ1) is 7.63. The summed E-state index contributed by atoms with van der Waals surface area (Å²) in [4.78, 5) is 0. The zero-order chi connectivity index (χ0) is 12.0. The number of nitrogens with one attached hydrogen (secondary N) is 1. The van der Waals surface area contributed by atoms with Gasteiger partial charge in [-0.15, -0.1) is 0 Å². The molecule has 2 unspecified atom stereocenters. The molecule has 0 aliphatic rings. The molecule has 16 heavy (non-hydrogen) atoms. The van der Waals surface area contributed by atoms with Crippen molar-refractivity contribution in [3.8, 4) is 0 Å². The van der Waals surface area contributed by atoms with Crippen LogP contribution in [-0.4, -0.2) is 22.9 Å². The molecule has 0 saturated carbocycles. The van der Waals surface area contributed by atoms with Gasteiger partial charge in [-0.05, 0) is 43.8 Å². The summed E-state index contributed by atoms with van der Waals surface area (Å²) in [7, 11) is 1.97. The molecular formula is C13H25N3. The molecule has 0 fully saturated rings. The largest absolute Gasteiger partial charge is 0.316 e. The van der Waals surface area contributed by atoms with Crippen molar-refractivity contribution in [3.63, 3.8) is 0 Å². The van der Waals surface area contributed by atoms with Crippen molar-refractivity contribution < 1.29 is 0 Å². The molecule has 0 aliphatic carbocycles. The van der Waals surface area contributed by atoms with Crippen molar-refractivity contribution in [1.82, 2.24) is 15.1 Å². The predicted octanol–water partition coefficient (Wildman–Crippen LogP) is 2.23. The fourth-order valence-electron chi connectivity index (χ4n) is 1.81. The Morgan fingerprint density at radius 2 is 2.12 bits per heavy atom. The lowest BCUT2D eigenvalue weighted by atomic mass is 9.91. The second-order valence-electron chi connectivity index (χ2n) is 4.84. The summed E-state index contributed by atoms with van der Waals surface area (Å²) >= 11 is 0. The summed E-state index contributed by atoms with van der Waals surface area (Å²) in [5.74, 6) is 1.38. The SMILES string of the molecule is CCCNCC(C)C(C)Cc1ccn(C)n1. The minimum absolute atomic E-state index is 0.680. The fraction of sp³-hybridized carbons (Fsp3) is 0.769. The number of hydrogen-bond donors (Lipinski definition) is 1. The van der Waals surface area contributed by atoms with Crippen LogP contribution in [0, 0.1) is 11.8 Å². The van der Waals surface area contributed by atoms with Gasteiger partial charge in [-0.25, -0.2) is 0 Å². The minimum Gasteiger partial charge on any atom is -0.316 e. The minimum atomic E-state index is 0.680. The van der Waals surface area contributed by atoms with Crippen molar-refractivity contribution in [3.05, 3.63) is 18.0 Å². The first-order valence-electron chi connectivity index (χ1n) is 6.32. The molecule has 0 spiro atoms. The molecule has 2 atom stereocenters.